The maximum atomic E-state index is 14.2. The lowest BCUT2D eigenvalue weighted by molar-refractivity contribution is -0.144. The number of carbonyl (C=O) groups excluding carboxylic acids is 1. The number of piperidine rings is 1. The number of nitrogens with zero attached hydrogens (tertiary/aromatic N) is 5. The van der Waals surface area contributed by atoms with E-state index < -0.39 is 29.2 Å². The van der Waals surface area contributed by atoms with Crippen LogP contribution in [-0.4, -0.2) is 55.4 Å². The lowest BCUT2D eigenvalue weighted by Gasteiger charge is -2.29. The van der Waals surface area contributed by atoms with Gasteiger partial charge in [-0.15, -0.1) is 0 Å². The molecule has 3 fully saturated rings. The van der Waals surface area contributed by atoms with Crippen molar-refractivity contribution in [1.82, 2.24) is 24.2 Å². The van der Waals surface area contributed by atoms with Crippen LogP contribution in [-0.2, 0) is 18.8 Å². The predicted molar refractivity (Wildman–Crippen MR) is 147 cm³/mol. The Bertz CT molecular complexity index is 1510. The van der Waals surface area contributed by atoms with E-state index in [9.17, 15) is 27.5 Å². The van der Waals surface area contributed by atoms with E-state index >= 15 is 0 Å². The Morgan fingerprint density at radius 2 is 1.79 bits per heavy atom. The van der Waals surface area contributed by atoms with Gasteiger partial charge in [-0.1, -0.05) is 11.6 Å². The molecule has 2 atom stereocenters. The Labute approximate surface area is 245 Å². The second-order valence-corrected chi connectivity index (χ2v) is 12.7. The zero-order valence-corrected chi connectivity index (χ0v) is 24.1. The summed E-state index contributed by atoms with van der Waals surface area (Å²) in [5, 5.41) is 15.6. The molecule has 13 heteroatoms. The van der Waals surface area contributed by atoms with Gasteiger partial charge in [0.15, 0.2) is 5.69 Å². The lowest BCUT2D eigenvalue weighted by Crippen LogP contribution is -2.31. The normalized spacial score (nSPS) is 27.1. The van der Waals surface area contributed by atoms with Crippen LogP contribution in [0, 0.1) is 17.7 Å². The molecule has 3 N–H and O–H groups in total. The SMILES string of the molecule is CN1CCC(n2cc(C3(O)CC4CC(c5nc(-c6ccc(F)c(Cl)c6)n(C)c5C(N)=O)CC4C3)c(C(F)(F)F)n2)CC1. The van der Waals surface area contributed by atoms with Crippen LogP contribution in [0.1, 0.15) is 77.9 Å². The first-order chi connectivity index (χ1) is 19.7. The van der Waals surface area contributed by atoms with Crippen molar-refractivity contribution in [3.63, 3.8) is 0 Å². The van der Waals surface area contributed by atoms with Gasteiger partial charge in [-0.25, -0.2) is 9.37 Å². The largest absolute Gasteiger partial charge is 0.435 e. The fourth-order valence-electron chi connectivity index (χ4n) is 7.48. The van der Waals surface area contributed by atoms with Gasteiger partial charge in [-0.2, -0.15) is 18.3 Å². The Kier molecular flexibility index (Phi) is 7.17. The van der Waals surface area contributed by atoms with E-state index in [1.165, 1.54) is 29.1 Å². The summed E-state index contributed by atoms with van der Waals surface area (Å²) in [4.78, 5) is 19.4. The average Bonchev–Trinajstić information content (AvgIpc) is 3.66. The van der Waals surface area contributed by atoms with Gasteiger partial charge < -0.3 is 20.3 Å². The number of amides is 1. The number of aromatic nitrogens is 4. The van der Waals surface area contributed by atoms with Crippen LogP contribution in [0.2, 0.25) is 5.02 Å². The highest BCUT2D eigenvalue weighted by Crippen LogP contribution is 2.58. The molecule has 2 unspecified atom stereocenters. The van der Waals surface area contributed by atoms with Gasteiger partial charge in [0.05, 0.1) is 22.4 Å². The van der Waals surface area contributed by atoms with Crippen LogP contribution in [0.5, 0.6) is 0 Å². The van der Waals surface area contributed by atoms with Crippen molar-refractivity contribution in [3.8, 4) is 11.4 Å². The first-order valence-corrected chi connectivity index (χ1v) is 14.5. The van der Waals surface area contributed by atoms with Gasteiger partial charge in [0, 0.05) is 30.3 Å². The third-order valence-corrected chi connectivity index (χ3v) is 9.81. The molecule has 1 aromatic carbocycles. The highest BCUT2D eigenvalue weighted by Gasteiger charge is 2.54. The molecule has 226 valence electrons. The second kappa shape index (κ2) is 10.3. The van der Waals surface area contributed by atoms with Crippen molar-refractivity contribution >= 4 is 17.5 Å². The quantitative estimate of drug-likeness (QED) is 0.385. The fourth-order valence-corrected chi connectivity index (χ4v) is 7.66. The molecule has 2 saturated carbocycles. The van der Waals surface area contributed by atoms with Crippen molar-refractivity contribution in [3.05, 3.63) is 57.9 Å². The highest BCUT2D eigenvalue weighted by atomic mass is 35.5. The number of fused-ring (bicyclic) bond motifs is 1. The molecule has 3 heterocycles. The highest BCUT2D eigenvalue weighted by molar-refractivity contribution is 6.31. The molecule has 1 aliphatic heterocycles. The van der Waals surface area contributed by atoms with E-state index in [1.807, 2.05) is 7.05 Å². The Morgan fingerprint density at radius 3 is 2.36 bits per heavy atom. The monoisotopic (exact) mass is 608 g/mol. The molecular weight excluding hydrogens is 576 g/mol. The van der Waals surface area contributed by atoms with Gasteiger partial charge in [0.2, 0.25) is 0 Å². The number of likely N-dealkylation sites (tertiary alicyclic amines) is 1. The molecule has 1 saturated heterocycles. The number of alkyl halides is 3. The van der Waals surface area contributed by atoms with Crippen molar-refractivity contribution < 1.29 is 27.5 Å². The van der Waals surface area contributed by atoms with Crippen LogP contribution in [0.3, 0.4) is 0 Å². The number of hydrogen-bond donors (Lipinski definition) is 2. The predicted octanol–water partition coefficient (Wildman–Crippen LogP) is 5.25. The third-order valence-electron chi connectivity index (χ3n) is 9.52. The number of halogens is 5. The number of imidazole rings is 1. The Balaban J connectivity index is 1.26. The topological polar surface area (TPSA) is 102 Å². The van der Waals surface area contributed by atoms with Gasteiger partial charge in [-0.05, 0) is 88.7 Å². The van der Waals surface area contributed by atoms with Gasteiger partial charge in [0.1, 0.15) is 17.3 Å². The summed E-state index contributed by atoms with van der Waals surface area (Å²) in [6, 6.07) is 4.03. The number of carbonyl (C=O) groups is 1. The minimum atomic E-state index is -4.69. The summed E-state index contributed by atoms with van der Waals surface area (Å²) in [7, 11) is 3.63. The molecule has 1 amide bonds. The summed E-state index contributed by atoms with van der Waals surface area (Å²) in [5.41, 5.74) is 4.19. The maximum Gasteiger partial charge on any atom is 0.435 e. The molecule has 3 aliphatic rings. The molecule has 0 spiro atoms. The maximum absolute atomic E-state index is 14.2. The molecule has 8 nitrogen and oxygen atoms in total. The Morgan fingerprint density at radius 1 is 1.14 bits per heavy atom. The molecule has 0 bridgehead atoms. The van der Waals surface area contributed by atoms with Gasteiger partial charge in [-0.3, -0.25) is 9.48 Å². The van der Waals surface area contributed by atoms with E-state index in [4.69, 9.17) is 22.3 Å². The van der Waals surface area contributed by atoms with Crippen molar-refractivity contribution in [1.29, 1.82) is 0 Å². The van der Waals surface area contributed by atoms with E-state index in [0.717, 1.165) is 13.1 Å². The van der Waals surface area contributed by atoms with Crippen LogP contribution in [0.25, 0.3) is 11.4 Å². The van der Waals surface area contributed by atoms with E-state index in [1.54, 1.807) is 11.6 Å². The summed E-state index contributed by atoms with van der Waals surface area (Å²) in [5.74, 6) is -1.15. The lowest BCUT2D eigenvalue weighted by atomic mass is 9.87. The zero-order chi connectivity index (χ0) is 30.1. The number of primary amides is 1. The summed E-state index contributed by atoms with van der Waals surface area (Å²) < 4.78 is 59.2. The van der Waals surface area contributed by atoms with Crippen LogP contribution in [0.15, 0.2) is 24.4 Å². The molecular formula is C29H33ClF4N6O2. The molecule has 42 heavy (non-hydrogen) atoms. The van der Waals surface area contributed by atoms with E-state index in [-0.39, 0.29) is 52.9 Å². The van der Waals surface area contributed by atoms with Crippen molar-refractivity contribution in [2.24, 2.45) is 24.6 Å². The number of aliphatic hydroxyl groups is 1. The number of nitrogens with two attached hydrogens (primary N) is 1. The molecule has 2 aromatic heterocycles. The smallest absolute Gasteiger partial charge is 0.385 e. The average molecular weight is 609 g/mol. The van der Waals surface area contributed by atoms with Crippen molar-refractivity contribution in [2.75, 3.05) is 20.1 Å². The minimum Gasteiger partial charge on any atom is -0.385 e. The number of rotatable bonds is 5. The molecule has 3 aromatic rings. The fraction of sp³-hybridized carbons (Fsp3) is 0.552. The third kappa shape index (κ3) is 5.01. The summed E-state index contributed by atoms with van der Waals surface area (Å²) in [6.07, 6.45) is -0.480. The summed E-state index contributed by atoms with van der Waals surface area (Å²) >= 11 is 5.98. The minimum absolute atomic E-state index is 0.0702. The van der Waals surface area contributed by atoms with Crippen molar-refractivity contribution in [2.45, 2.75) is 62.3 Å². The molecule has 0 radical (unpaired) electrons. The van der Waals surface area contributed by atoms with Crippen LogP contribution < -0.4 is 5.73 Å². The van der Waals surface area contributed by atoms with Crippen LogP contribution in [0.4, 0.5) is 17.6 Å². The van der Waals surface area contributed by atoms with Crippen LogP contribution >= 0.6 is 11.6 Å². The standard InChI is InChI=1S/C29H33ClF4N6O2/c1-38-7-5-19(6-8-38)40-14-20(25(37-40)29(32,33)34)28(42)12-17-9-16(10-18(17)13-28)23-24(26(35)41)39(2)27(36-23)15-3-4-22(31)21(30)11-15/h3-4,11,14,16-19,42H,5-10,12-13H2,1-2H3,(H2,35,41). The molecule has 6 rings (SSSR count). The van der Waals surface area contributed by atoms with E-state index in [2.05, 4.69) is 10.00 Å². The summed E-state index contributed by atoms with van der Waals surface area (Å²) in [6.45, 7) is 1.54. The van der Waals surface area contributed by atoms with E-state index in [0.29, 0.717) is 42.8 Å². The number of benzene rings is 1. The first kappa shape index (κ1) is 29.1. The Hall–Kier alpha value is -2.96. The molecule has 2 aliphatic carbocycles. The number of hydrogen-bond acceptors (Lipinski definition) is 5. The first-order valence-electron chi connectivity index (χ1n) is 14.1. The zero-order valence-electron chi connectivity index (χ0n) is 23.3. The second-order valence-electron chi connectivity index (χ2n) is 12.3. The van der Waals surface area contributed by atoms with Gasteiger partial charge in [0.25, 0.3) is 5.91 Å². The van der Waals surface area contributed by atoms with Gasteiger partial charge >= 0.3 is 6.18 Å².